The van der Waals surface area contributed by atoms with Crippen LogP contribution in [0.1, 0.15) is 28.3 Å². The van der Waals surface area contributed by atoms with Crippen molar-refractivity contribution in [2.75, 3.05) is 20.8 Å². The summed E-state index contributed by atoms with van der Waals surface area (Å²) in [4.78, 5) is 2.58. The molecule has 0 saturated carbocycles. The second-order valence-electron chi connectivity index (χ2n) is 6.08. The van der Waals surface area contributed by atoms with Gasteiger partial charge in [0.25, 0.3) is 0 Å². The summed E-state index contributed by atoms with van der Waals surface area (Å²) < 4.78 is 11.1. The molecule has 0 radical (unpaired) electrons. The molecule has 0 fully saturated rings. The first-order chi connectivity index (χ1) is 10.8. The van der Waals surface area contributed by atoms with Gasteiger partial charge in [-0.15, -0.1) is 0 Å². The van der Waals surface area contributed by atoms with Gasteiger partial charge in [0, 0.05) is 24.7 Å². The van der Waals surface area contributed by atoms with Crippen molar-refractivity contribution in [2.45, 2.75) is 25.4 Å². The first-order valence-corrected chi connectivity index (χ1v) is 7.86. The molecule has 2 aromatic carbocycles. The molecule has 2 aromatic rings. The van der Waals surface area contributed by atoms with E-state index in [9.17, 15) is 0 Å². The van der Waals surface area contributed by atoms with Crippen molar-refractivity contribution in [1.29, 1.82) is 0 Å². The number of ether oxygens (including phenoxy) is 2. The summed E-state index contributed by atoms with van der Waals surface area (Å²) in [6.45, 7) is 2.05. The fourth-order valence-corrected chi connectivity index (χ4v) is 3.94. The molecule has 0 spiro atoms. The van der Waals surface area contributed by atoms with Gasteiger partial charge in [-0.25, -0.2) is 0 Å². The normalized spacial score (nSPS) is 19.8. The van der Waals surface area contributed by atoms with E-state index in [1.54, 1.807) is 14.2 Å². The van der Waals surface area contributed by atoms with Crippen LogP contribution in [0.25, 0.3) is 0 Å². The van der Waals surface area contributed by atoms with Crippen LogP contribution < -0.4 is 9.47 Å². The van der Waals surface area contributed by atoms with Crippen LogP contribution in [0, 0.1) is 0 Å². The maximum Gasteiger partial charge on any atom is 0.165 e. The molecule has 3 nitrogen and oxygen atoms in total. The number of benzene rings is 2. The Hall–Kier alpha value is -2.00. The Bertz CT molecular complexity index is 711. The Morgan fingerprint density at radius 3 is 2.68 bits per heavy atom. The lowest BCUT2D eigenvalue weighted by Gasteiger charge is -2.41. The summed E-state index contributed by atoms with van der Waals surface area (Å²) in [7, 11) is 3.43. The number of fused-ring (bicyclic) bond motifs is 4. The van der Waals surface area contributed by atoms with Crippen molar-refractivity contribution in [2.24, 2.45) is 0 Å². The highest BCUT2D eigenvalue weighted by Gasteiger charge is 2.33. The highest BCUT2D eigenvalue weighted by Crippen LogP contribution is 2.43. The molecule has 0 aliphatic carbocycles. The fourth-order valence-electron chi connectivity index (χ4n) is 3.94. The molecule has 22 heavy (non-hydrogen) atoms. The van der Waals surface area contributed by atoms with Crippen molar-refractivity contribution in [3.05, 3.63) is 58.7 Å². The van der Waals surface area contributed by atoms with Crippen LogP contribution in [-0.2, 0) is 19.4 Å². The summed E-state index contributed by atoms with van der Waals surface area (Å²) in [6.07, 6.45) is 2.18. The van der Waals surface area contributed by atoms with Crippen LogP contribution in [0.3, 0.4) is 0 Å². The van der Waals surface area contributed by atoms with Crippen molar-refractivity contribution < 1.29 is 9.47 Å². The summed E-state index contributed by atoms with van der Waals surface area (Å²) in [5, 5.41) is 0. The summed E-state index contributed by atoms with van der Waals surface area (Å²) in [5.74, 6) is 1.73. The Kier molecular flexibility index (Phi) is 3.30. The third-order valence-electron chi connectivity index (χ3n) is 5.04. The minimum atomic E-state index is 0.496. The zero-order valence-corrected chi connectivity index (χ0v) is 13.1. The van der Waals surface area contributed by atoms with E-state index >= 15 is 0 Å². The minimum Gasteiger partial charge on any atom is -0.493 e. The molecule has 2 aliphatic heterocycles. The lowest BCUT2D eigenvalue weighted by molar-refractivity contribution is 0.158. The van der Waals surface area contributed by atoms with Crippen LogP contribution in [-0.4, -0.2) is 25.7 Å². The molecule has 0 saturated heterocycles. The van der Waals surface area contributed by atoms with Crippen molar-refractivity contribution in [3.8, 4) is 11.5 Å². The molecule has 114 valence electrons. The molecule has 0 bridgehead atoms. The molecule has 1 atom stereocenters. The summed E-state index contributed by atoms with van der Waals surface area (Å²) >= 11 is 0. The van der Waals surface area contributed by atoms with Gasteiger partial charge in [-0.05, 0) is 35.6 Å². The highest BCUT2D eigenvalue weighted by molar-refractivity contribution is 5.52. The van der Waals surface area contributed by atoms with Gasteiger partial charge in [0.05, 0.1) is 14.2 Å². The Morgan fingerprint density at radius 2 is 1.86 bits per heavy atom. The zero-order valence-electron chi connectivity index (χ0n) is 13.1. The van der Waals surface area contributed by atoms with E-state index in [0.717, 1.165) is 37.4 Å². The third kappa shape index (κ3) is 2.00. The van der Waals surface area contributed by atoms with Crippen LogP contribution in [0.4, 0.5) is 0 Å². The predicted molar refractivity (Wildman–Crippen MR) is 86.5 cm³/mol. The second kappa shape index (κ2) is 5.33. The van der Waals surface area contributed by atoms with Gasteiger partial charge in [-0.1, -0.05) is 30.3 Å². The topological polar surface area (TPSA) is 21.7 Å². The number of nitrogens with zero attached hydrogens (tertiary/aromatic N) is 1. The van der Waals surface area contributed by atoms with E-state index in [2.05, 4.69) is 35.2 Å². The summed E-state index contributed by atoms with van der Waals surface area (Å²) in [5.41, 5.74) is 5.68. The third-order valence-corrected chi connectivity index (χ3v) is 5.04. The molecular weight excluding hydrogens is 274 g/mol. The molecule has 0 amide bonds. The zero-order chi connectivity index (χ0) is 15.1. The Morgan fingerprint density at radius 1 is 1.00 bits per heavy atom. The quantitative estimate of drug-likeness (QED) is 0.848. The van der Waals surface area contributed by atoms with Gasteiger partial charge in [-0.3, -0.25) is 4.90 Å². The van der Waals surface area contributed by atoms with Gasteiger partial charge < -0.3 is 9.47 Å². The van der Waals surface area contributed by atoms with Crippen LogP contribution in [0.2, 0.25) is 0 Å². The minimum absolute atomic E-state index is 0.496. The van der Waals surface area contributed by atoms with E-state index < -0.39 is 0 Å². The van der Waals surface area contributed by atoms with E-state index in [4.69, 9.17) is 9.47 Å². The average molecular weight is 295 g/mol. The van der Waals surface area contributed by atoms with Crippen molar-refractivity contribution in [3.63, 3.8) is 0 Å². The molecule has 2 aliphatic rings. The van der Waals surface area contributed by atoms with Crippen molar-refractivity contribution in [1.82, 2.24) is 4.90 Å². The summed E-state index contributed by atoms with van der Waals surface area (Å²) in [6, 6.07) is 13.6. The highest BCUT2D eigenvalue weighted by atomic mass is 16.5. The lowest BCUT2D eigenvalue weighted by Crippen LogP contribution is -2.39. The number of hydrogen-bond acceptors (Lipinski definition) is 3. The monoisotopic (exact) mass is 295 g/mol. The SMILES string of the molecule is COc1ccc2c(c1OC)CN1CCc3ccccc3C1C2. The van der Waals surface area contributed by atoms with Crippen molar-refractivity contribution >= 4 is 0 Å². The molecule has 3 heteroatoms. The van der Waals surface area contributed by atoms with Crippen LogP contribution >= 0.6 is 0 Å². The fraction of sp³-hybridized carbons (Fsp3) is 0.368. The second-order valence-corrected chi connectivity index (χ2v) is 6.08. The van der Waals surface area contributed by atoms with Gasteiger partial charge in [-0.2, -0.15) is 0 Å². The van der Waals surface area contributed by atoms with E-state index in [1.165, 1.54) is 22.3 Å². The molecule has 0 aromatic heterocycles. The van der Waals surface area contributed by atoms with E-state index in [0.29, 0.717) is 6.04 Å². The average Bonchev–Trinajstić information content (AvgIpc) is 2.58. The predicted octanol–water partition coefficient (Wildman–Crippen LogP) is 3.36. The van der Waals surface area contributed by atoms with Crippen LogP contribution in [0.5, 0.6) is 11.5 Å². The Balaban J connectivity index is 1.78. The maximum atomic E-state index is 5.63. The molecule has 4 rings (SSSR count). The smallest absolute Gasteiger partial charge is 0.165 e. The first-order valence-electron chi connectivity index (χ1n) is 7.86. The van der Waals surface area contributed by atoms with Crippen LogP contribution in [0.15, 0.2) is 36.4 Å². The van der Waals surface area contributed by atoms with E-state index in [1.807, 2.05) is 6.07 Å². The number of methoxy groups -OCH3 is 2. The number of hydrogen-bond donors (Lipinski definition) is 0. The first kappa shape index (κ1) is 13.6. The standard InChI is InChI=1S/C19H21NO2/c1-21-18-8-7-14-11-17-15-6-4-3-5-13(15)9-10-20(17)12-16(14)19(18)22-2/h3-8,17H,9-12H2,1-2H3. The molecule has 1 unspecified atom stereocenters. The maximum absolute atomic E-state index is 5.63. The van der Waals surface area contributed by atoms with Gasteiger partial charge >= 0.3 is 0 Å². The Labute approximate surface area is 131 Å². The van der Waals surface area contributed by atoms with Gasteiger partial charge in [0.15, 0.2) is 11.5 Å². The number of rotatable bonds is 2. The molecular formula is C19H21NO2. The molecule has 0 N–H and O–H groups in total. The van der Waals surface area contributed by atoms with Gasteiger partial charge in [0.1, 0.15) is 0 Å². The largest absolute Gasteiger partial charge is 0.493 e. The van der Waals surface area contributed by atoms with E-state index in [-0.39, 0.29) is 0 Å². The molecule has 2 heterocycles. The van der Waals surface area contributed by atoms with Gasteiger partial charge in [0.2, 0.25) is 0 Å². The lowest BCUT2D eigenvalue weighted by atomic mass is 9.84.